The highest BCUT2D eigenvalue weighted by Gasteiger charge is 2.13. The van der Waals surface area contributed by atoms with Gasteiger partial charge in [0.2, 0.25) is 0 Å². The van der Waals surface area contributed by atoms with Gasteiger partial charge >= 0.3 is 0 Å². The number of rotatable bonds is 5. The fourth-order valence-electron chi connectivity index (χ4n) is 2.01. The summed E-state index contributed by atoms with van der Waals surface area (Å²) in [7, 11) is 0. The standard InChI is InChI=1S/C13H21BrN2/c1-4-10(5-2)9(3)16-13-7-6-11(15)8-12(13)14/h6-10,16H,4-5,15H2,1-3H3. The van der Waals surface area contributed by atoms with Crippen molar-refractivity contribution in [3.05, 3.63) is 22.7 Å². The van der Waals surface area contributed by atoms with E-state index < -0.39 is 0 Å². The molecular weight excluding hydrogens is 264 g/mol. The molecule has 0 aliphatic rings. The van der Waals surface area contributed by atoms with E-state index in [-0.39, 0.29) is 0 Å². The molecule has 0 amide bonds. The first kappa shape index (κ1) is 13.4. The van der Waals surface area contributed by atoms with Crippen molar-refractivity contribution in [2.75, 3.05) is 11.1 Å². The van der Waals surface area contributed by atoms with E-state index in [1.165, 1.54) is 12.8 Å². The number of hydrogen-bond donors (Lipinski definition) is 2. The molecule has 0 saturated carbocycles. The maximum atomic E-state index is 5.71. The van der Waals surface area contributed by atoms with Gasteiger partial charge in [-0.25, -0.2) is 0 Å². The lowest BCUT2D eigenvalue weighted by Crippen LogP contribution is -2.25. The van der Waals surface area contributed by atoms with E-state index in [0.29, 0.717) is 12.0 Å². The molecule has 2 nitrogen and oxygen atoms in total. The molecule has 1 aromatic rings. The Morgan fingerprint density at radius 1 is 1.31 bits per heavy atom. The Morgan fingerprint density at radius 3 is 2.44 bits per heavy atom. The lowest BCUT2D eigenvalue weighted by Gasteiger charge is -2.24. The van der Waals surface area contributed by atoms with E-state index in [0.717, 1.165) is 15.8 Å². The second kappa shape index (κ2) is 6.14. The zero-order valence-corrected chi connectivity index (χ0v) is 11.8. The summed E-state index contributed by atoms with van der Waals surface area (Å²) >= 11 is 3.53. The molecule has 0 saturated heterocycles. The molecular formula is C13H21BrN2. The lowest BCUT2D eigenvalue weighted by molar-refractivity contribution is 0.438. The Labute approximate surface area is 107 Å². The van der Waals surface area contributed by atoms with Gasteiger partial charge in [0.25, 0.3) is 0 Å². The average molecular weight is 285 g/mol. The third-order valence-electron chi connectivity index (χ3n) is 3.13. The summed E-state index contributed by atoms with van der Waals surface area (Å²) < 4.78 is 1.03. The predicted octanol–water partition coefficient (Wildman–Crippen LogP) is 4.27. The van der Waals surface area contributed by atoms with Crippen LogP contribution in [0.3, 0.4) is 0 Å². The van der Waals surface area contributed by atoms with E-state index in [2.05, 4.69) is 42.0 Å². The fourth-order valence-corrected chi connectivity index (χ4v) is 2.52. The Kier molecular flexibility index (Phi) is 5.13. The van der Waals surface area contributed by atoms with Crippen LogP contribution in [0.1, 0.15) is 33.6 Å². The zero-order chi connectivity index (χ0) is 12.1. The predicted molar refractivity (Wildman–Crippen MR) is 75.7 cm³/mol. The highest BCUT2D eigenvalue weighted by molar-refractivity contribution is 9.10. The summed E-state index contributed by atoms with van der Waals surface area (Å²) in [5.74, 6) is 0.712. The summed E-state index contributed by atoms with van der Waals surface area (Å²) in [4.78, 5) is 0. The molecule has 0 aliphatic heterocycles. The minimum atomic E-state index is 0.481. The van der Waals surface area contributed by atoms with Crippen LogP contribution in [0.4, 0.5) is 11.4 Å². The number of benzene rings is 1. The van der Waals surface area contributed by atoms with Crippen molar-refractivity contribution in [2.24, 2.45) is 5.92 Å². The molecule has 1 rings (SSSR count). The quantitative estimate of drug-likeness (QED) is 0.793. The number of nitrogens with one attached hydrogen (secondary N) is 1. The molecule has 90 valence electrons. The summed E-state index contributed by atoms with van der Waals surface area (Å²) in [6.45, 7) is 6.72. The van der Waals surface area contributed by atoms with Crippen LogP contribution in [0.25, 0.3) is 0 Å². The molecule has 0 bridgehead atoms. The van der Waals surface area contributed by atoms with Crippen molar-refractivity contribution >= 4 is 27.3 Å². The van der Waals surface area contributed by atoms with E-state index >= 15 is 0 Å². The van der Waals surface area contributed by atoms with Gasteiger partial charge in [-0.15, -0.1) is 0 Å². The summed E-state index contributed by atoms with van der Waals surface area (Å²) in [5.41, 5.74) is 7.62. The minimum Gasteiger partial charge on any atom is -0.399 e. The van der Waals surface area contributed by atoms with Crippen molar-refractivity contribution in [1.29, 1.82) is 0 Å². The van der Waals surface area contributed by atoms with Gasteiger partial charge < -0.3 is 11.1 Å². The summed E-state index contributed by atoms with van der Waals surface area (Å²) in [6, 6.07) is 6.36. The topological polar surface area (TPSA) is 38.0 Å². The van der Waals surface area contributed by atoms with Crippen molar-refractivity contribution < 1.29 is 0 Å². The Bertz CT molecular complexity index is 335. The van der Waals surface area contributed by atoms with Gasteiger partial charge in [0, 0.05) is 21.9 Å². The number of hydrogen-bond acceptors (Lipinski definition) is 2. The number of anilines is 2. The third-order valence-corrected chi connectivity index (χ3v) is 3.79. The number of halogens is 1. The van der Waals surface area contributed by atoms with Gasteiger partial charge in [-0.05, 0) is 47.0 Å². The first-order valence-electron chi connectivity index (χ1n) is 5.90. The molecule has 0 aromatic heterocycles. The Morgan fingerprint density at radius 2 is 1.94 bits per heavy atom. The van der Waals surface area contributed by atoms with Crippen molar-refractivity contribution in [3.8, 4) is 0 Å². The van der Waals surface area contributed by atoms with E-state index in [1.807, 2.05) is 18.2 Å². The molecule has 0 aliphatic carbocycles. The Balaban J connectivity index is 2.72. The highest BCUT2D eigenvalue weighted by atomic mass is 79.9. The smallest absolute Gasteiger partial charge is 0.0488 e. The van der Waals surface area contributed by atoms with Crippen LogP contribution in [0.5, 0.6) is 0 Å². The Hall–Kier alpha value is -0.700. The minimum absolute atomic E-state index is 0.481. The van der Waals surface area contributed by atoms with Gasteiger partial charge in [-0.1, -0.05) is 26.7 Å². The van der Waals surface area contributed by atoms with Crippen LogP contribution in [-0.2, 0) is 0 Å². The molecule has 0 heterocycles. The maximum absolute atomic E-state index is 5.71. The molecule has 16 heavy (non-hydrogen) atoms. The lowest BCUT2D eigenvalue weighted by atomic mass is 9.95. The van der Waals surface area contributed by atoms with Gasteiger partial charge in [-0.3, -0.25) is 0 Å². The van der Waals surface area contributed by atoms with Crippen LogP contribution in [0.15, 0.2) is 22.7 Å². The normalized spacial score (nSPS) is 12.8. The van der Waals surface area contributed by atoms with Crippen molar-refractivity contribution in [3.63, 3.8) is 0 Å². The summed E-state index contributed by atoms with van der Waals surface area (Å²) in [5, 5.41) is 3.54. The van der Waals surface area contributed by atoms with Crippen LogP contribution >= 0.6 is 15.9 Å². The number of nitrogen functional groups attached to an aromatic ring is 1. The molecule has 3 heteroatoms. The average Bonchev–Trinajstić information content (AvgIpc) is 2.24. The van der Waals surface area contributed by atoms with Crippen LogP contribution < -0.4 is 11.1 Å². The molecule has 0 spiro atoms. The van der Waals surface area contributed by atoms with Crippen molar-refractivity contribution in [1.82, 2.24) is 0 Å². The summed E-state index contributed by atoms with van der Waals surface area (Å²) in [6.07, 6.45) is 2.41. The zero-order valence-electron chi connectivity index (χ0n) is 10.3. The molecule has 1 atom stereocenters. The molecule has 3 N–H and O–H groups in total. The second-order valence-corrected chi connectivity index (χ2v) is 5.10. The van der Waals surface area contributed by atoms with Crippen LogP contribution in [0.2, 0.25) is 0 Å². The van der Waals surface area contributed by atoms with Crippen molar-refractivity contribution in [2.45, 2.75) is 39.7 Å². The number of nitrogens with two attached hydrogens (primary N) is 1. The molecule has 1 unspecified atom stereocenters. The van der Waals surface area contributed by atoms with Crippen LogP contribution in [0, 0.1) is 5.92 Å². The molecule has 0 fully saturated rings. The monoisotopic (exact) mass is 284 g/mol. The van der Waals surface area contributed by atoms with Gasteiger partial charge in [-0.2, -0.15) is 0 Å². The van der Waals surface area contributed by atoms with E-state index in [1.54, 1.807) is 0 Å². The van der Waals surface area contributed by atoms with Gasteiger partial charge in [0.15, 0.2) is 0 Å². The van der Waals surface area contributed by atoms with E-state index in [4.69, 9.17) is 5.73 Å². The fraction of sp³-hybridized carbons (Fsp3) is 0.538. The second-order valence-electron chi connectivity index (χ2n) is 4.25. The highest BCUT2D eigenvalue weighted by Crippen LogP contribution is 2.27. The first-order valence-corrected chi connectivity index (χ1v) is 6.69. The van der Waals surface area contributed by atoms with Gasteiger partial charge in [0.05, 0.1) is 0 Å². The largest absolute Gasteiger partial charge is 0.399 e. The third kappa shape index (κ3) is 3.41. The van der Waals surface area contributed by atoms with Crippen LogP contribution in [-0.4, -0.2) is 6.04 Å². The first-order chi connectivity index (χ1) is 7.58. The molecule has 1 aromatic carbocycles. The maximum Gasteiger partial charge on any atom is 0.0488 e. The SMILES string of the molecule is CCC(CC)C(C)Nc1ccc(N)cc1Br. The van der Waals surface area contributed by atoms with Gasteiger partial charge in [0.1, 0.15) is 0 Å². The molecule has 0 radical (unpaired) electrons. The van der Waals surface area contributed by atoms with E-state index in [9.17, 15) is 0 Å².